The second-order valence-electron chi connectivity index (χ2n) is 4.03. The fraction of sp³-hybridized carbons (Fsp3) is 0.0714. The summed E-state index contributed by atoms with van der Waals surface area (Å²) in [7, 11) is 1.31. The van der Waals surface area contributed by atoms with Crippen LogP contribution in [0.1, 0.15) is 10.4 Å². The van der Waals surface area contributed by atoms with Crippen molar-refractivity contribution in [2.75, 3.05) is 7.11 Å². The second-order valence-corrected chi connectivity index (χ2v) is 4.03. The summed E-state index contributed by atoms with van der Waals surface area (Å²) in [5.74, 6) is -0.362. The molecule has 0 saturated carbocycles. The van der Waals surface area contributed by atoms with E-state index < -0.39 is 10.7 Å². The molecule has 0 saturated heterocycles. The van der Waals surface area contributed by atoms with Crippen molar-refractivity contribution in [3.63, 3.8) is 0 Å². The number of carbonyl (C=O) groups is 1. The van der Waals surface area contributed by atoms with Crippen LogP contribution in [-0.2, 0) is 0 Å². The molecule has 0 N–H and O–H groups in total. The first-order valence-corrected chi connectivity index (χ1v) is 5.79. The number of halogens is 1. The Hall–Kier alpha value is -2.96. The molecule has 2 aromatic carbocycles. The highest BCUT2D eigenvalue weighted by Crippen LogP contribution is 2.33. The van der Waals surface area contributed by atoms with Crippen molar-refractivity contribution in [2.45, 2.75) is 0 Å². The van der Waals surface area contributed by atoms with Crippen LogP contribution in [0.2, 0.25) is 0 Å². The van der Waals surface area contributed by atoms with Crippen LogP contribution in [-0.4, -0.2) is 18.3 Å². The van der Waals surface area contributed by atoms with Gasteiger partial charge in [0.2, 0.25) is 0 Å². The number of nitrogens with zero attached hydrogens (tertiary/aromatic N) is 1. The summed E-state index contributed by atoms with van der Waals surface area (Å²) in [6, 6.07) is 7.42. The van der Waals surface area contributed by atoms with Gasteiger partial charge >= 0.3 is 5.69 Å². The lowest BCUT2D eigenvalue weighted by molar-refractivity contribution is -0.385. The molecule has 0 heterocycles. The topological polar surface area (TPSA) is 78.7 Å². The van der Waals surface area contributed by atoms with Gasteiger partial charge in [0.25, 0.3) is 0 Å². The van der Waals surface area contributed by atoms with E-state index in [0.717, 1.165) is 18.2 Å². The number of hydrogen-bond acceptors (Lipinski definition) is 5. The highest BCUT2D eigenvalue weighted by molar-refractivity contribution is 5.75. The SMILES string of the molecule is COc1ccc(Oc2cc(F)cc(C=O)c2)cc1[N+](=O)[O-]. The van der Waals surface area contributed by atoms with Crippen LogP contribution < -0.4 is 9.47 Å². The highest BCUT2D eigenvalue weighted by atomic mass is 19.1. The van der Waals surface area contributed by atoms with Crippen molar-refractivity contribution < 1.29 is 23.6 Å². The molecule has 2 aromatic rings. The molecule has 0 fully saturated rings. The lowest BCUT2D eigenvalue weighted by atomic mass is 10.2. The summed E-state index contributed by atoms with van der Waals surface area (Å²) in [6.45, 7) is 0. The number of hydrogen-bond donors (Lipinski definition) is 0. The van der Waals surface area contributed by atoms with Gasteiger partial charge in [0.1, 0.15) is 23.6 Å². The standard InChI is InChI=1S/C14H10FNO5/c1-20-14-3-2-11(7-13(14)16(18)19)21-12-5-9(8-17)4-10(15)6-12/h2-8H,1H3. The summed E-state index contributed by atoms with van der Waals surface area (Å²) < 4.78 is 23.5. The van der Waals surface area contributed by atoms with Gasteiger partial charge in [0, 0.05) is 11.6 Å². The molecule has 0 bridgehead atoms. The summed E-state index contributed by atoms with van der Waals surface area (Å²) in [4.78, 5) is 20.9. The average Bonchev–Trinajstić information content (AvgIpc) is 2.46. The highest BCUT2D eigenvalue weighted by Gasteiger charge is 2.16. The van der Waals surface area contributed by atoms with Crippen LogP contribution in [0.25, 0.3) is 0 Å². The van der Waals surface area contributed by atoms with E-state index in [2.05, 4.69) is 0 Å². The quantitative estimate of drug-likeness (QED) is 0.479. The number of aldehydes is 1. The summed E-state index contributed by atoms with van der Waals surface area (Å²) in [5.41, 5.74) is -0.171. The molecule has 6 nitrogen and oxygen atoms in total. The summed E-state index contributed by atoms with van der Waals surface area (Å²) in [6.07, 6.45) is 0.479. The van der Waals surface area contributed by atoms with Gasteiger partial charge in [-0.05, 0) is 24.3 Å². The number of ether oxygens (including phenoxy) is 2. The average molecular weight is 291 g/mol. The van der Waals surface area contributed by atoms with Gasteiger partial charge in [-0.1, -0.05) is 0 Å². The third-order valence-corrected chi connectivity index (χ3v) is 2.61. The molecule has 0 amide bonds. The number of rotatable bonds is 5. The Morgan fingerprint density at radius 1 is 1.19 bits per heavy atom. The Morgan fingerprint density at radius 2 is 1.95 bits per heavy atom. The predicted octanol–water partition coefficient (Wildman–Crippen LogP) is 3.35. The van der Waals surface area contributed by atoms with Crippen molar-refractivity contribution >= 4 is 12.0 Å². The van der Waals surface area contributed by atoms with Gasteiger partial charge in [-0.25, -0.2) is 4.39 Å². The van der Waals surface area contributed by atoms with Crippen molar-refractivity contribution in [1.82, 2.24) is 0 Å². The van der Waals surface area contributed by atoms with E-state index in [1.54, 1.807) is 0 Å². The molecule has 7 heteroatoms. The predicted molar refractivity (Wildman–Crippen MR) is 71.5 cm³/mol. The maximum atomic E-state index is 13.3. The molecule has 0 aromatic heterocycles. The zero-order chi connectivity index (χ0) is 15.4. The number of benzene rings is 2. The minimum atomic E-state index is -0.641. The Bertz CT molecular complexity index is 702. The first-order chi connectivity index (χ1) is 10.0. The van der Waals surface area contributed by atoms with E-state index >= 15 is 0 Å². The van der Waals surface area contributed by atoms with Crippen LogP contribution >= 0.6 is 0 Å². The van der Waals surface area contributed by atoms with Crippen LogP contribution in [0.3, 0.4) is 0 Å². The molecule has 108 valence electrons. The molecule has 0 aliphatic carbocycles. The Balaban J connectivity index is 2.35. The van der Waals surface area contributed by atoms with Crippen molar-refractivity contribution in [2.24, 2.45) is 0 Å². The molecule has 0 radical (unpaired) electrons. The summed E-state index contributed by atoms with van der Waals surface area (Å²) in [5, 5.41) is 10.9. The van der Waals surface area contributed by atoms with Gasteiger partial charge < -0.3 is 9.47 Å². The van der Waals surface area contributed by atoms with Crippen molar-refractivity contribution in [3.05, 3.63) is 57.9 Å². The van der Waals surface area contributed by atoms with E-state index in [9.17, 15) is 19.3 Å². The van der Waals surface area contributed by atoms with Crippen molar-refractivity contribution in [3.8, 4) is 17.2 Å². The number of carbonyl (C=O) groups excluding carboxylic acids is 1. The van der Waals surface area contributed by atoms with Gasteiger partial charge in [-0.15, -0.1) is 0 Å². The van der Waals surface area contributed by atoms with Gasteiger partial charge in [0.15, 0.2) is 5.75 Å². The van der Waals surface area contributed by atoms with Gasteiger partial charge in [-0.2, -0.15) is 0 Å². The third-order valence-electron chi connectivity index (χ3n) is 2.61. The lowest BCUT2D eigenvalue weighted by Crippen LogP contribution is -1.95. The van der Waals surface area contributed by atoms with E-state index in [1.165, 1.54) is 25.3 Å². The maximum Gasteiger partial charge on any atom is 0.314 e. The lowest BCUT2D eigenvalue weighted by Gasteiger charge is -2.08. The van der Waals surface area contributed by atoms with Crippen LogP contribution in [0, 0.1) is 15.9 Å². The second kappa shape index (κ2) is 6.00. The zero-order valence-electron chi connectivity index (χ0n) is 10.9. The molecule has 21 heavy (non-hydrogen) atoms. The molecule has 0 unspecified atom stereocenters. The molecule has 0 aliphatic rings. The van der Waals surface area contributed by atoms with E-state index in [-0.39, 0.29) is 28.5 Å². The molecule has 2 rings (SSSR count). The van der Waals surface area contributed by atoms with E-state index in [4.69, 9.17) is 9.47 Å². The number of methoxy groups -OCH3 is 1. The maximum absolute atomic E-state index is 13.3. The van der Waals surface area contributed by atoms with Crippen LogP contribution in [0.5, 0.6) is 17.2 Å². The van der Waals surface area contributed by atoms with Gasteiger partial charge in [0.05, 0.1) is 18.1 Å². The van der Waals surface area contributed by atoms with E-state index in [1.807, 2.05) is 0 Å². The molecule has 0 atom stereocenters. The third kappa shape index (κ3) is 3.33. The zero-order valence-corrected chi connectivity index (χ0v) is 10.9. The van der Waals surface area contributed by atoms with Crippen LogP contribution in [0.4, 0.5) is 10.1 Å². The van der Waals surface area contributed by atoms with Gasteiger partial charge in [-0.3, -0.25) is 14.9 Å². The summed E-state index contributed by atoms with van der Waals surface area (Å²) >= 11 is 0. The number of nitro groups is 1. The fourth-order valence-electron chi connectivity index (χ4n) is 1.72. The van der Waals surface area contributed by atoms with Crippen molar-refractivity contribution in [1.29, 1.82) is 0 Å². The minimum Gasteiger partial charge on any atom is -0.490 e. The monoisotopic (exact) mass is 291 g/mol. The smallest absolute Gasteiger partial charge is 0.314 e. The molecule has 0 spiro atoms. The Labute approximate surface area is 118 Å². The molecular formula is C14H10FNO5. The largest absolute Gasteiger partial charge is 0.490 e. The van der Waals surface area contributed by atoms with Crippen LogP contribution in [0.15, 0.2) is 36.4 Å². The first-order valence-electron chi connectivity index (χ1n) is 5.79. The normalized spacial score (nSPS) is 10.0. The molecule has 0 aliphatic heterocycles. The Morgan fingerprint density at radius 3 is 2.57 bits per heavy atom. The minimum absolute atomic E-state index is 0.0663. The number of nitro benzene ring substituents is 1. The first kappa shape index (κ1) is 14.4. The molecular weight excluding hydrogens is 281 g/mol. The fourth-order valence-corrected chi connectivity index (χ4v) is 1.72. The Kier molecular flexibility index (Phi) is 4.13. The van der Waals surface area contributed by atoms with E-state index in [0.29, 0.717) is 6.29 Å².